The molecule has 2 nitrogen and oxygen atoms in total. The van der Waals surface area contributed by atoms with Gasteiger partial charge in [-0.05, 0) is 40.5 Å². The Hall–Kier alpha value is -0.840. The molecule has 2 aromatic rings. The van der Waals surface area contributed by atoms with Gasteiger partial charge in [0.05, 0.1) is 20.3 Å². The van der Waals surface area contributed by atoms with Crippen LogP contribution in [0, 0.1) is 0 Å². The van der Waals surface area contributed by atoms with Crippen molar-refractivity contribution in [3.8, 4) is 5.75 Å². The normalized spacial score (nSPS) is 10.5. The zero-order chi connectivity index (χ0) is 13.8. The third-order valence-corrected chi connectivity index (χ3v) is 4.91. The van der Waals surface area contributed by atoms with Crippen LogP contribution < -0.4 is 4.74 Å². The van der Waals surface area contributed by atoms with Crippen molar-refractivity contribution in [3.63, 3.8) is 0 Å². The summed E-state index contributed by atoms with van der Waals surface area (Å²) in [5, 5.41) is 0.562. The molecule has 0 amide bonds. The Bertz CT molecular complexity index is 575. The Morgan fingerprint density at radius 1 is 1.42 bits per heavy atom. The van der Waals surface area contributed by atoms with Gasteiger partial charge in [-0.1, -0.05) is 30.7 Å². The van der Waals surface area contributed by atoms with Crippen molar-refractivity contribution in [2.45, 2.75) is 13.3 Å². The van der Waals surface area contributed by atoms with Crippen molar-refractivity contribution >= 4 is 44.7 Å². The fourth-order valence-electron chi connectivity index (χ4n) is 1.55. The zero-order valence-electron chi connectivity index (χ0n) is 10.3. The van der Waals surface area contributed by atoms with Gasteiger partial charge in [0, 0.05) is 5.56 Å². The number of benzene rings is 1. The van der Waals surface area contributed by atoms with Gasteiger partial charge in [-0.3, -0.25) is 4.79 Å². The molecule has 100 valence electrons. The maximum Gasteiger partial charge on any atom is 0.203 e. The number of thiophene rings is 1. The zero-order valence-corrected chi connectivity index (χ0v) is 13.4. The van der Waals surface area contributed by atoms with Crippen LogP contribution in [0.4, 0.5) is 0 Å². The molecule has 0 fully saturated rings. The van der Waals surface area contributed by atoms with Crippen LogP contribution in [0.2, 0.25) is 5.02 Å². The predicted octanol–water partition coefficient (Wildman–Crippen LogP) is 5.18. The molecule has 0 atom stereocenters. The lowest BCUT2D eigenvalue weighted by Crippen LogP contribution is -2.00. The van der Waals surface area contributed by atoms with Gasteiger partial charge in [-0.2, -0.15) is 0 Å². The first kappa shape index (κ1) is 14.6. The highest BCUT2D eigenvalue weighted by Crippen LogP contribution is 2.33. The number of halogens is 2. The number of hydrogen-bond donors (Lipinski definition) is 0. The van der Waals surface area contributed by atoms with Crippen molar-refractivity contribution in [1.29, 1.82) is 0 Å². The third kappa shape index (κ3) is 3.59. The van der Waals surface area contributed by atoms with E-state index in [1.807, 2.05) is 19.1 Å². The standard InChI is InChI=1S/C14H12BrClO2S/c1-2-6-18-10-5-3-4-9(7-10)13(17)12-8-11(16)14(15)19-12/h3-5,7-8H,2,6H2,1H3. The Morgan fingerprint density at radius 2 is 2.21 bits per heavy atom. The molecule has 0 unspecified atom stereocenters. The predicted molar refractivity (Wildman–Crippen MR) is 82.7 cm³/mol. The van der Waals surface area contributed by atoms with Crippen LogP contribution in [0.25, 0.3) is 0 Å². The van der Waals surface area contributed by atoms with Gasteiger partial charge in [0.1, 0.15) is 5.75 Å². The highest BCUT2D eigenvalue weighted by atomic mass is 79.9. The van der Waals surface area contributed by atoms with Gasteiger partial charge in [-0.25, -0.2) is 0 Å². The molecular formula is C14H12BrClO2S. The molecule has 0 saturated heterocycles. The quantitative estimate of drug-likeness (QED) is 0.687. The van der Waals surface area contributed by atoms with Gasteiger partial charge in [0.15, 0.2) is 0 Å². The fraction of sp³-hybridized carbons (Fsp3) is 0.214. The lowest BCUT2D eigenvalue weighted by molar-refractivity contribution is 0.104. The first-order valence-electron chi connectivity index (χ1n) is 5.84. The average Bonchev–Trinajstić information content (AvgIpc) is 2.76. The molecule has 0 spiro atoms. The molecule has 1 aromatic carbocycles. The number of ether oxygens (including phenoxy) is 1. The Labute approximate surface area is 129 Å². The fourth-order valence-corrected chi connectivity index (χ4v) is 3.21. The SMILES string of the molecule is CCCOc1cccc(C(=O)c2cc(Cl)c(Br)s2)c1. The number of ketones is 1. The van der Waals surface area contributed by atoms with Crippen LogP contribution in [0.15, 0.2) is 34.1 Å². The summed E-state index contributed by atoms with van der Waals surface area (Å²) in [7, 11) is 0. The van der Waals surface area contributed by atoms with Crippen molar-refractivity contribution in [1.82, 2.24) is 0 Å². The molecule has 19 heavy (non-hydrogen) atoms. The van der Waals surface area contributed by atoms with Crippen molar-refractivity contribution in [2.75, 3.05) is 6.61 Å². The summed E-state index contributed by atoms with van der Waals surface area (Å²) in [6.45, 7) is 2.69. The Morgan fingerprint density at radius 3 is 2.84 bits per heavy atom. The van der Waals surface area contributed by atoms with Crippen molar-refractivity contribution in [2.24, 2.45) is 0 Å². The van der Waals surface area contributed by atoms with E-state index in [9.17, 15) is 4.79 Å². The van der Waals surface area contributed by atoms with E-state index in [1.54, 1.807) is 18.2 Å². The van der Waals surface area contributed by atoms with E-state index >= 15 is 0 Å². The molecular weight excluding hydrogens is 348 g/mol. The van der Waals surface area contributed by atoms with Gasteiger partial charge >= 0.3 is 0 Å². The summed E-state index contributed by atoms with van der Waals surface area (Å²) < 4.78 is 6.30. The monoisotopic (exact) mass is 358 g/mol. The second-order valence-electron chi connectivity index (χ2n) is 3.94. The maximum absolute atomic E-state index is 12.3. The van der Waals surface area contributed by atoms with Crippen molar-refractivity contribution in [3.05, 3.63) is 49.6 Å². The molecule has 0 aliphatic carbocycles. The lowest BCUT2D eigenvalue weighted by Gasteiger charge is -2.05. The molecule has 2 rings (SSSR count). The van der Waals surface area contributed by atoms with E-state index in [4.69, 9.17) is 16.3 Å². The molecule has 1 aromatic heterocycles. The van der Waals surface area contributed by atoms with Crippen LogP contribution in [0.5, 0.6) is 5.75 Å². The van der Waals surface area contributed by atoms with Crippen LogP contribution in [0.3, 0.4) is 0 Å². The Balaban J connectivity index is 2.23. The number of carbonyl (C=O) groups excluding carboxylic acids is 1. The van der Waals surface area contributed by atoms with Crippen LogP contribution in [-0.4, -0.2) is 12.4 Å². The molecule has 1 heterocycles. The van der Waals surface area contributed by atoms with Gasteiger partial charge < -0.3 is 4.74 Å². The summed E-state index contributed by atoms with van der Waals surface area (Å²) >= 11 is 10.6. The third-order valence-electron chi connectivity index (χ3n) is 2.44. The van der Waals surface area contributed by atoms with Crippen LogP contribution >= 0.6 is 38.9 Å². The maximum atomic E-state index is 12.3. The lowest BCUT2D eigenvalue weighted by atomic mass is 10.1. The first-order chi connectivity index (χ1) is 9.11. The summed E-state index contributed by atoms with van der Waals surface area (Å²) in [5.41, 5.74) is 0.610. The minimum atomic E-state index is -0.0421. The minimum Gasteiger partial charge on any atom is -0.494 e. The molecule has 0 radical (unpaired) electrons. The summed E-state index contributed by atoms with van der Waals surface area (Å²) in [5.74, 6) is 0.675. The number of carbonyl (C=O) groups is 1. The van der Waals surface area contributed by atoms with E-state index in [0.717, 1.165) is 16.0 Å². The Kier molecular flexibility index (Phi) is 5.02. The van der Waals surface area contributed by atoms with E-state index in [-0.39, 0.29) is 5.78 Å². The second-order valence-corrected chi connectivity index (χ2v) is 6.72. The summed E-state index contributed by atoms with van der Waals surface area (Å²) in [4.78, 5) is 12.9. The van der Waals surface area contributed by atoms with Gasteiger partial charge in [0.25, 0.3) is 0 Å². The molecule has 0 bridgehead atoms. The topological polar surface area (TPSA) is 26.3 Å². The largest absolute Gasteiger partial charge is 0.494 e. The molecule has 5 heteroatoms. The first-order valence-corrected chi connectivity index (χ1v) is 7.83. The highest BCUT2D eigenvalue weighted by molar-refractivity contribution is 9.11. The second kappa shape index (κ2) is 6.55. The molecule has 0 N–H and O–H groups in total. The smallest absolute Gasteiger partial charge is 0.203 e. The van der Waals surface area contributed by atoms with E-state index < -0.39 is 0 Å². The molecule has 0 saturated carbocycles. The van der Waals surface area contributed by atoms with Gasteiger partial charge in [-0.15, -0.1) is 11.3 Å². The summed E-state index contributed by atoms with van der Waals surface area (Å²) in [6.07, 6.45) is 0.936. The van der Waals surface area contributed by atoms with Crippen molar-refractivity contribution < 1.29 is 9.53 Å². The van der Waals surface area contributed by atoms with Gasteiger partial charge in [0.2, 0.25) is 5.78 Å². The highest BCUT2D eigenvalue weighted by Gasteiger charge is 2.14. The number of hydrogen-bond acceptors (Lipinski definition) is 3. The van der Waals surface area contributed by atoms with E-state index in [1.165, 1.54) is 11.3 Å². The summed E-state index contributed by atoms with van der Waals surface area (Å²) in [6, 6.07) is 8.90. The van der Waals surface area contributed by atoms with E-state index in [2.05, 4.69) is 15.9 Å². The minimum absolute atomic E-state index is 0.0421. The average molecular weight is 360 g/mol. The molecule has 0 aliphatic rings. The van der Waals surface area contributed by atoms with Crippen LogP contribution in [-0.2, 0) is 0 Å². The molecule has 0 aliphatic heterocycles. The number of rotatable bonds is 5. The van der Waals surface area contributed by atoms with E-state index in [0.29, 0.717) is 22.1 Å². The van der Waals surface area contributed by atoms with Crippen LogP contribution in [0.1, 0.15) is 28.6 Å².